The van der Waals surface area contributed by atoms with E-state index in [-0.39, 0.29) is 0 Å². The minimum Gasteiger partial charge on any atom is -0.363 e. The molecule has 1 aliphatic rings. The van der Waals surface area contributed by atoms with Crippen molar-refractivity contribution in [3.8, 4) is 0 Å². The molecule has 1 aromatic heterocycles. The highest BCUT2D eigenvalue weighted by atomic mass is 16.1. The standard InChI is InChI=1S/C11H16N4O/c1-14(2)10-7-11(13-8-12-10)15-5-3-9(16)4-6-15/h7-8H,3-6H2,1-2H3. The molecule has 1 fully saturated rings. The maximum atomic E-state index is 11.1. The molecule has 0 saturated carbocycles. The highest BCUT2D eigenvalue weighted by Gasteiger charge is 2.17. The Bertz CT molecular complexity index is 381. The number of rotatable bonds is 2. The molecule has 0 atom stereocenters. The van der Waals surface area contributed by atoms with Crippen LogP contribution >= 0.6 is 0 Å². The summed E-state index contributed by atoms with van der Waals surface area (Å²) in [6.07, 6.45) is 2.82. The molecule has 0 aliphatic carbocycles. The van der Waals surface area contributed by atoms with E-state index >= 15 is 0 Å². The van der Waals surface area contributed by atoms with Crippen LogP contribution < -0.4 is 9.80 Å². The van der Waals surface area contributed by atoms with Gasteiger partial charge in [-0.15, -0.1) is 0 Å². The predicted octanol–water partition coefficient (Wildman–Crippen LogP) is 0.712. The first-order valence-corrected chi connectivity index (χ1v) is 5.43. The van der Waals surface area contributed by atoms with Crippen LogP contribution in [0.3, 0.4) is 0 Å². The maximum Gasteiger partial charge on any atom is 0.136 e. The lowest BCUT2D eigenvalue weighted by molar-refractivity contribution is -0.119. The van der Waals surface area contributed by atoms with Crippen LogP contribution in [0.2, 0.25) is 0 Å². The fourth-order valence-corrected chi connectivity index (χ4v) is 1.74. The number of piperidine rings is 1. The molecule has 1 aromatic rings. The van der Waals surface area contributed by atoms with Crippen molar-refractivity contribution in [2.24, 2.45) is 0 Å². The number of nitrogens with zero attached hydrogens (tertiary/aromatic N) is 4. The Labute approximate surface area is 95.1 Å². The van der Waals surface area contributed by atoms with E-state index < -0.39 is 0 Å². The molecule has 5 heteroatoms. The summed E-state index contributed by atoms with van der Waals surface area (Å²) >= 11 is 0. The Morgan fingerprint density at radius 1 is 1.25 bits per heavy atom. The molecule has 5 nitrogen and oxygen atoms in total. The van der Waals surface area contributed by atoms with Gasteiger partial charge in [0, 0.05) is 46.1 Å². The van der Waals surface area contributed by atoms with Crippen LogP contribution in [0.15, 0.2) is 12.4 Å². The van der Waals surface area contributed by atoms with Gasteiger partial charge in [0.15, 0.2) is 0 Å². The minimum atomic E-state index is 0.345. The molecule has 0 bridgehead atoms. The first-order valence-electron chi connectivity index (χ1n) is 5.43. The van der Waals surface area contributed by atoms with Crippen molar-refractivity contribution in [1.82, 2.24) is 9.97 Å². The lowest BCUT2D eigenvalue weighted by Gasteiger charge is -2.27. The van der Waals surface area contributed by atoms with Gasteiger partial charge in [0.05, 0.1) is 0 Å². The second-order valence-corrected chi connectivity index (χ2v) is 4.15. The van der Waals surface area contributed by atoms with E-state index in [9.17, 15) is 4.79 Å². The summed E-state index contributed by atoms with van der Waals surface area (Å²) in [4.78, 5) is 23.6. The van der Waals surface area contributed by atoms with Gasteiger partial charge < -0.3 is 9.80 Å². The van der Waals surface area contributed by atoms with Crippen LogP contribution in [0.1, 0.15) is 12.8 Å². The topological polar surface area (TPSA) is 49.3 Å². The van der Waals surface area contributed by atoms with Crippen molar-refractivity contribution in [2.75, 3.05) is 37.0 Å². The maximum absolute atomic E-state index is 11.1. The van der Waals surface area contributed by atoms with Crippen LogP contribution in [-0.4, -0.2) is 42.9 Å². The molecule has 2 heterocycles. The van der Waals surface area contributed by atoms with E-state index in [1.54, 1.807) is 6.33 Å². The largest absolute Gasteiger partial charge is 0.363 e. The van der Waals surface area contributed by atoms with Gasteiger partial charge in [0.25, 0.3) is 0 Å². The summed E-state index contributed by atoms with van der Waals surface area (Å²) in [6.45, 7) is 1.53. The lowest BCUT2D eigenvalue weighted by Crippen LogP contribution is -2.34. The molecule has 0 amide bonds. The molecule has 0 unspecified atom stereocenters. The molecular weight excluding hydrogens is 204 g/mol. The average molecular weight is 220 g/mol. The highest BCUT2D eigenvalue weighted by Crippen LogP contribution is 2.18. The van der Waals surface area contributed by atoms with E-state index in [0.717, 1.165) is 24.7 Å². The summed E-state index contributed by atoms with van der Waals surface area (Å²) in [5, 5.41) is 0. The molecule has 0 radical (unpaired) electrons. The number of hydrogen-bond donors (Lipinski definition) is 0. The molecule has 0 spiro atoms. The van der Waals surface area contributed by atoms with Crippen LogP contribution in [0.5, 0.6) is 0 Å². The number of Topliss-reactive ketones (excluding diaryl/α,β-unsaturated/α-hetero) is 1. The minimum absolute atomic E-state index is 0.345. The number of carbonyl (C=O) groups excluding carboxylic acids is 1. The zero-order valence-corrected chi connectivity index (χ0v) is 9.68. The second kappa shape index (κ2) is 4.47. The molecule has 1 aliphatic heterocycles. The van der Waals surface area contributed by atoms with Gasteiger partial charge in [-0.1, -0.05) is 0 Å². The third kappa shape index (κ3) is 2.29. The van der Waals surface area contributed by atoms with Gasteiger partial charge in [-0.05, 0) is 0 Å². The Balaban J connectivity index is 2.14. The molecular formula is C11H16N4O. The molecule has 0 N–H and O–H groups in total. The van der Waals surface area contributed by atoms with E-state index in [2.05, 4.69) is 14.9 Å². The first-order chi connectivity index (χ1) is 7.66. The molecule has 1 saturated heterocycles. The van der Waals surface area contributed by atoms with Crippen molar-refractivity contribution in [3.05, 3.63) is 12.4 Å². The summed E-state index contributed by atoms with van der Waals surface area (Å²) < 4.78 is 0. The third-order valence-electron chi connectivity index (χ3n) is 2.74. The Morgan fingerprint density at radius 2 is 1.94 bits per heavy atom. The van der Waals surface area contributed by atoms with Gasteiger partial charge in [-0.2, -0.15) is 0 Å². The average Bonchev–Trinajstić information content (AvgIpc) is 2.30. The zero-order valence-electron chi connectivity index (χ0n) is 9.68. The van der Waals surface area contributed by atoms with Crippen molar-refractivity contribution in [3.63, 3.8) is 0 Å². The first kappa shape index (κ1) is 10.9. The van der Waals surface area contributed by atoms with Crippen molar-refractivity contribution in [1.29, 1.82) is 0 Å². The molecule has 86 valence electrons. The smallest absolute Gasteiger partial charge is 0.136 e. The summed E-state index contributed by atoms with van der Waals surface area (Å²) in [5.41, 5.74) is 0. The number of ketones is 1. The van der Waals surface area contributed by atoms with Crippen LogP contribution in [0.25, 0.3) is 0 Å². The van der Waals surface area contributed by atoms with Crippen LogP contribution in [0, 0.1) is 0 Å². The summed E-state index contributed by atoms with van der Waals surface area (Å²) in [5.74, 6) is 2.14. The predicted molar refractivity (Wildman–Crippen MR) is 62.8 cm³/mol. The van der Waals surface area contributed by atoms with Gasteiger partial charge in [0.1, 0.15) is 23.7 Å². The summed E-state index contributed by atoms with van der Waals surface area (Å²) in [6, 6.07) is 1.95. The SMILES string of the molecule is CN(C)c1cc(N2CCC(=O)CC2)ncn1. The van der Waals surface area contributed by atoms with Gasteiger partial charge in [0.2, 0.25) is 0 Å². The van der Waals surface area contributed by atoms with E-state index in [0.29, 0.717) is 18.6 Å². The molecule has 0 aromatic carbocycles. The van der Waals surface area contributed by atoms with Crippen LogP contribution in [-0.2, 0) is 4.79 Å². The normalized spacial score (nSPS) is 16.4. The Kier molecular flexibility index (Phi) is 3.03. The van der Waals surface area contributed by atoms with E-state index in [1.165, 1.54) is 0 Å². The second-order valence-electron chi connectivity index (χ2n) is 4.15. The Hall–Kier alpha value is -1.65. The van der Waals surface area contributed by atoms with Crippen molar-refractivity contribution in [2.45, 2.75) is 12.8 Å². The molecule has 16 heavy (non-hydrogen) atoms. The van der Waals surface area contributed by atoms with Gasteiger partial charge >= 0.3 is 0 Å². The van der Waals surface area contributed by atoms with Gasteiger partial charge in [-0.25, -0.2) is 9.97 Å². The quantitative estimate of drug-likeness (QED) is 0.734. The summed E-state index contributed by atoms with van der Waals surface area (Å²) in [7, 11) is 3.90. The number of anilines is 2. The highest BCUT2D eigenvalue weighted by molar-refractivity contribution is 5.80. The third-order valence-corrected chi connectivity index (χ3v) is 2.74. The van der Waals surface area contributed by atoms with Crippen LogP contribution in [0.4, 0.5) is 11.6 Å². The number of carbonyl (C=O) groups is 1. The van der Waals surface area contributed by atoms with E-state index in [4.69, 9.17) is 0 Å². The fraction of sp³-hybridized carbons (Fsp3) is 0.545. The van der Waals surface area contributed by atoms with Crippen molar-refractivity contribution >= 4 is 17.4 Å². The lowest BCUT2D eigenvalue weighted by atomic mass is 10.1. The Morgan fingerprint density at radius 3 is 2.56 bits per heavy atom. The zero-order chi connectivity index (χ0) is 11.5. The van der Waals surface area contributed by atoms with Gasteiger partial charge in [-0.3, -0.25) is 4.79 Å². The molecule has 2 rings (SSSR count). The fourth-order valence-electron chi connectivity index (χ4n) is 1.74. The van der Waals surface area contributed by atoms with Crippen molar-refractivity contribution < 1.29 is 4.79 Å². The number of aromatic nitrogens is 2. The number of hydrogen-bond acceptors (Lipinski definition) is 5. The monoisotopic (exact) mass is 220 g/mol. The van der Waals surface area contributed by atoms with E-state index in [1.807, 2.05) is 25.1 Å².